The summed E-state index contributed by atoms with van der Waals surface area (Å²) in [5, 5.41) is 11.8. The van der Waals surface area contributed by atoms with E-state index in [2.05, 4.69) is 9.97 Å². The topological polar surface area (TPSA) is 122 Å². The van der Waals surface area contributed by atoms with E-state index in [1.165, 1.54) is 12.4 Å². The van der Waals surface area contributed by atoms with Crippen LogP contribution in [-0.2, 0) is 9.53 Å². The highest BCUT2D eigenvalue weighted by Crippen LogP contribution is 2.34. The molecule has 3 heterocycles. The molecule has 2 saturated heterocycles. The third-order valence-corrected chi connectivity index (χ3v) is 5.44. The minimum atomic E-state index is -0.480. The highest BCUT2D eigenvalue weighted by Gasteiger charge is 2.31. The molecule has 10 heteroatoms. The lowest BCUT2D eigenvalue weighted by atomic mass is 9.94. The number of carbonyl (C=O) groups is 1. The first-order chi connectivity index (χ1) is 13.5. The molecule has 0 atom stereocenters. The van der Waals surface area contributed by atoms with Crippen molar-refractivity contribution in [3.63, 3.8) is 0 Å². The van der Waals surface area contributed by atoms with Crippen molar-refractivity contribution in [3.05, 3.63) is 38.9 Å². The number of benzene rings is 1. The Balaban J connectivity index is 1.55. The third-order valence-electron chi connectivity index (χ3n) is 5.44. The number of rotatable bonds is 3. The van der Waals surface area contributed by atoms with E-state index in [1.54, 1.807) is 6.07 Å². The van der Waals surface area contributed by atoms with Crippen LogP contribution in [0.25, 0.3) is 10.9 Å². The number of fused-ring (bicyclic) bond motifs is 1. The van der Waals surface area contributed by atoms with Crippen molar-refractivity contribution in [2.75, 3.05) is 44.3 Å². The van der Waals surface area contributed by atoms with Gasteiger partial charge in [-0.2, -0.15) is 0 Å². The van der Waals surface area contributed by atoms with E-state index in [-0.39, 0.29) is 22.9 Å². The quantitative estimate of drug-likeness (QED) is 0.613. The van der Waals surface area contributed by atoms with E-state index in [0.717, 1.165) is 0 Å². The van der Waals surface area contributed by atoms with Gasteiger partial charge in [-0.25, -0.2) is 4.98 Å². The van der Waals surface area contributed by atoms with Crippen LogP contribution in [-0.4, -0.2) is 65.1 Å². The fourth-order valence-electron chi connectivity index (χ4n) is 3.90. The number of nitrogens with zero attached hydrogens (tertiary/aromatic N) is 4. The summed E-state index contributed by atoms with van der Waals surface area (Å²) in [4.78, 5) is 46.0. The largest absolute Gasteiger partial charge is 0.378 e. The predicted molar refractivity (Wildman–Crippen MR) is 101 cm³/mol. The Morgan fingerprint density at radius 1 is 1.21 bits per heavy atom. The Hall–Kier alpha value is -3.01. The number of piperidine rings is 1. The average molecular weight is 387 g/mol. The zero-order valence-electron chi connectivity index (χ0n) is 15.3. The van der Waals surface area contributed by atoms with Crippen LogP contribution in [0.3, 0.4) is 0 Å². The molecule has 0 aliphatic carbocycles. The summed E-state index contributed by atoms with van der Waals surface area (Å²) < 4.78 is 5.29. The van der Waals surface area contributed by atoms with Gasteiger partial charge in [0, 0.05) is 38.2 Å². The van der Waals surface area contributed by atoms with Gasteiger partial charge in [-0.05, 0) is 18.9 Å². The smallest absolute Gasteiger partial charge is 0.293 e. The fraction of sp³-hybridized carbons (Fsp3) is 0.500. The molecule has 2 aliphatic rings. The normalized spacial score (nSPS) is 18.4. The number of anilines is 1. The first kappa shape index (κ1) is 18.4. The van der Waals surface area contributed by atoms with E-state index in [9.17, 15) is 19.7 Å². The Morgan fingerprint density at radius 3 is 2.61 bits per heavy atom. The molecule has 148 valence electrons. The second-order valence-electron chi connectivity index (χ2n) is 7.05. The molecule has 2 fully saturated rings. The zero-order chi connectivity index (χ0) is 19.7. The number of carbonyl (C=O) groups excluding carboxylic acids is 1. The van der Waals surface area contributed by atoms with Gasteiger partial charge in [-0.15, -0.1) is 0 Å². The van der Waals surface area contributed by atoms with Gasteiger partial charge in [-0.3, -0.25) is 19.7 Å². The Bertz CT molecular complexity index is 960. The number of nitrogens with one attached hydrogen (secondary N) is 1. The van der Waals surface area contributed by atoms with E-state index in [4.69, 9.17) is 4.74 Å². The lowest BCUT2D eigenvalue weighted by Gasteiger charge is -2.36. The van der Waals surface area contributed by atoms with Gasteiger partial charge in [0.1, 0.15) is 5.69 Å². The average Bonchev–Trinajstić information content (AvgIpc) is 2.73. The summed E-state index contributed by atoms with van der Waals surface area (Å²) in [5.74, 6) is 0.0685. The van der Waals surface area contributed by atoms with Gasteiger partial charge in [0.15, 0.2) is 0 Å². The van der Waals surface area contributed by atoms with Crippen LogP contribution >= 0.6 is 0 Å². The maximum absolute atomic E-state index is 12.7. The molecule has 0 unspecified atom stereocenters. The van der Waals surface area contributed by atoms with Crippen LogP contribution in [0.4, 0.5) is 11.4 Å². The molecule has 0 bridgehead atoms. The Kier molecular flexibility index (Phi) is 4.95. The van der Waals surface area contributed by atoms with Crippen LogP contribution in [0, 0.1) is 16.0 Å². The molecule has 1 aromatic carbocycles. The summed E-state index contributed by atoms with van der Waals surface area (Å²) in [6.45, 7) is 3.46. The van der Waals surface area contributed by atoms with E-state index < -0.39 is 10.5 Å². The van der Waals surface area contributed by atoms with Crippen LogP contribution in [0.1, 0.15) is 12.8 Å². The number of aromatic nitrogens is 2. The summed E-state index contributed by atoms with van der Waals surface area (Å²) in [6, 6.07) is 2.87. The molecule has 4 rings (SSSR count). The molecule has 0 radical (unpaired) electrons. The molecule has 1 amide bonds. The Morgan fingerprint density at radius 2 is 1.93 bits per heavy atom. The molecular weight excluding hydrogens is 366 g/mol. The van der Waals surface area contributed by atoms with Crippen molar-refractivity contribution < 1.29 is 14.5 Å². The number of ether oxygens (including phenoxy) is 1. The number of aromatic amines is 1. The first-order valence-electron chi connectivity index (χ1n) is 9.32. The van der Waals surface area contributed by atoms with Gasteiger partial charge >= 0.3 is 0 Å². The van der Waals surface area contributed by atoms with Crippen molar-refractivity contribution in [2.45, 2.75) is 12.8 Å². The lowest BCUT2D eigenvalue weighted by Crippen LogP contribution is -2.46. The monoisotopic (exact) mass is 387 g/mol. The minimum absolute atomic E-state index is 0.0742. The van der Waals surface area contributed by atoms with Gasteiger partial charge in [0.2, 0.25) is 5.91 Å². The maximum Gasteiger partial charge on any atom is 0.293 e. The number of hydrogen-bond acceptors (Lipinski definition) is 7. The minimum Gasteiger partial charge on any atom is -0.378 e. The van der Waals surface area contributed by atoms with Crippen molar-refractivity contribution in [3.8, 4) is 0 Å². The highest BCUT2D eigenvalue weighted by molar-refractivity contribution is 5.87. The number of H-pyrrole nitrogens is 1. The second kappa shape index (κ2) is 7.55. The first-order valence-corrected chi connectivity index (χ1v) is 9.32. The van der Waals surface area contributed by atoms with Crippen molar-refractivity contribution in [1.82, 2.24) is 14.9 Å². The number of hydrogen-bond donors (Lipinski definition) is 1. The SMILES string of the molecule is O=C(C1CCN(c2cc3nc[nH]c(=O)c3cc2[N+](=O)[O-])CC1)N1CCOCC1. The fourth-order valence-corrected chi connectivity index (χ4v) is 3.90. The molecule has 1 N–H and O–H groups in total. The van der Waals surface area contributed by atoms with E-state index >= 15 is 0 Å². The summed E-state index contributed by atoms with van der Waals surface area (Å²) in [5.41, 5.74) is 0.321. The van der Waals surface area contributed by atoms with Gasteiger partial charge in [0.05, 0.1) is 35.4 Å². The van der Waals surface area contributed by atoms with Crippen LogP contribution < -0.4 is 10.5 Å². The molecule has 2 aromatic rings. The second-order valence-corrected chi connectivity index (χ2v) is 7.05. The molecule has 10 nitrogen and oxygen atoms in total. The van der Waals surface area contributed by atoms with E-state index in [1.807, 2.05) is 9.80 Å². The summed E-state index contributed by atoms with van der Waals surface area (Å²) in [7, 11) is 0. The van der Waals surface area contributed by atoms with Crippen molar-refractivity contribution >= 4 is 28.2 Å². The van der Waals surface area contributed by atoms with Gasteiger partial charge in [-0.1, -0.05) is 0 Å². The summed E-state index contributed by atoms with van der Waals surface area (Å²) in [6.07, 6.45) is 2.55. The zero-order valence-corrected chi connectivity index (χ0v) is 15.3. The number of nitro benzene ring substituents is 1. The number of nitro groups is 1. The summed E-state index contributed by atoms with van der Waals surface area (Å²) >= 11 is 0. The van der Waals surface area contributed by atoms with E-state index in [0.29, 0.717) is 63.4 Å². The molecule has 0 spiro atoms. The number of amides is 1. The molecule has 28 heavy (non-hydrogen) atoms. The molecule has 0 saturated carbocycles. The highest BCUT2D eigenvalue weighted by atomic mass is 16.6. The van der Waals surface area contributed by atoms with Crippen molar-refractivity contribution in [2.24, 2.45) is 5.92 Å². The number of morpholine rings is 1. The standard InChI is InChI=1S/C18H21N5O5/c24-17-13-9-16(23(26)27)15(10-14(13)19-11-20-17)21-3-1-12(2-4-21)18(25)22-5-7-28-8-6-22/h9-12H,1-8H2,(H,19,20,24). The Labute approximate surface area is 160 Å². The molecule has 2 aliphatic heterocycles. The van der Waals surface area contributed by atoms with Crippen LogP contribution in [0.15, 0.2) is 23.3 Å². The van der Waals surface area contributed by atoms with Gasteiger partial charge in [0.25, 0.3) is 11.2 Å². The molecule has 1 aromatic heterocycles. The van der Waals surface area contributed by atoms with Crippen LogP contribution in [0.5, 0.6) is 0 Å². The maximum atomic E-state index is 12.7. The third kappa shape index (κ3) is 3.42. The van der Waals surface area contributed by atoms with Crippen molar-refractivity contribution in [1.29, 1.82) is 0 Å². The lowest BCUT2D eigenvalue weighted by molar-refractivity contribution is -0.384. The van der Waals surface area contributed by atoms with Gasteiger partial charge < -0.3 is 19.5 Å². The van der Waals surface area contributed by atoms with Crippen LogP contribution in [0.2, 0.25) is 0 Å². The predicted octanol–water partition coefficient (Wildman–Crippen LogP) is 0.906. The molecular formula is C18H21N5O5.